The minimum atomic E-state index is -1.07. The van der Waals surface area contributed by atoms with Gasteiger partial charge in [-0.2, -0.15) is 0 Å². The first-order chi connectivity index (χ1) is 16.1. The highest BCUT2D eigenvalue weighted by Crippen LogP contribution is 2.76. The van der Waals surface area contributed by atoms with E-state index in [9.17, 15) is 15.0 Å². The quantitative estimate of drug-likeness (QED) is 0.324. The van der Waals surface area contributed by atoms with Gasteiger partial charge in [0.2, 0.25) is 0 Å². The molecule has 4 nitrogen and oxygen atoms in total. The van der Waals surface area contributed by atoms with Gasteiger partial charge in [0.25, 0.3) is 0 Å². The fourth-order valence-electron chi connectivity index (χ4n) is 11.2. The van der Waals surface area contributed by atoms with Gasteiger partial charge in [0.05, 0.1) is 5.41 Å². The lowest BCUT2D eigenvalue weighted by atomic mass is 9.33. The monoisotopic (exact) mass is 486 g/mol. The molecule has 10 atom stereocenters. The van der Waals surface area contributed by atoms with Crippen molar-refractivity contribution < 1.29 is 19.7 Å². The lowest BCUT2D eigenvalue weighted by Gasteiger charge is -2.72. The summed E-state index contributed by atoms with van der Waals surface area (Å²) in [5, 5.41) is 22.0. The minimum Gasteiger partial charge on any atom is -0.481 e. The molecule has 0 aromatic heterocycles. The van der Waals surface area contributed by atoms with Gasteiger partial charge in [-0.05, 0) is 97.2 Å². The zero-order chi connectivity index (χ0) is 25.8. The minimum absolute atomic E-state index is 0.0397. The average Bonchev–Trinajstić information content (AvgIpc) is 2.79. The van der Waals surface area contributed by atoms with Crippen molar-refractivity contribution in [1.82, 2.24) is 0 Å². The Morgan fingerprint density at radius 2 is 1.63 bits per heavy atom. The highest BCUT2D eigenvalue weighted by Gasteiger charge is 2.71. The number of fused-ring (bicyclic) bond motifs is 7. The molecule has 198 valence electrons. The number of aliphatic carboxylic acids is 1. The van der Waals surface area contributed by atoms with Crippen molar-refractivity contribution in [3.8, 4) is 0 Å². The summed E-state index contributed by atoms with van der Waals surface area (Å²) >= 11 is 0. The summed E-state index contributed by atoms with van der Waals surface area (Å²) in [6, 6.07) is 0. The Bertz CT molecular complexity index is 938. The second-order valence-corrected chi connectivity index (χ2v) is 14.8. The fourth-order valence-corrected chi connectivity index (χ4v) is 11.2. The molecule has 0 spiro atoms. The van der Waals surface area contributed by atoms with E-state index in [0.29, 0.717) is 30.1 Å². The van der Waals surface area contributed by atoms with Gasteiger partial charge in [-0.25, -0.2) is 0 Å². The molecule has 4 heteroatoms. The van der Waals surface area contributed by atoms with Crippen LogP contribution in [-0.2, 0) is 9.53 Å². The van der Waals surface area contributed by atoms with Crippen molar-refractivity contribution in [2.24, 2.45) is 56.7 Å². The van der Waals surface area contributed by atoms with Crippen LogP contribution in [0.25, 0.3) is 0 Å². The molecule has 5 aliphatic rings. The Balaban J connectivity index is 1.60. The van der Waals surface area contributed by atoms with E-state index in [0.717, 1.165) is 51.4 Å². The van der Waals surface area contributed by atoms with Gasteiger partial charge in [0.1, 0.15) is 0 Å². The largest absolute Gasteiger partial charge is 0.481 e. The number of aliphatic hydroxyl groups is 1. The molecule has 0 heterocycles. The SMILES string of the molecule is CO[C@@]1(O)CC[C@@]2(C)C(CC[C@]3(C)[C@@H]2CC=C2[C@@H]4[C@@H](C)[C@H](C)CC[C@]4(C(=O)O)CC[C@]23C)C1(C)C. The fraction of sp³-hybridized carbons (Fsp3) is 0.903. The lowest BCUT2D eigenvalue weighted by molar-refractivity contribution is -0.322. The second kappa shape index (κ2) is 7.59. The van der Waals surface area contributed by atoms with Crippen LogP contribution >= 0.6 is 0 Å². The first kappa shape index (κ1) is 25.8. The number of rotatable bonds is 2. The van der Waals surface area contributed by atoms with Crippen molar-refractivity contribution in [1.29, 1.82) is 0 Å². The van der Waals surface area contributed by atoms with E-state index in [1.54, 1.807) is 7.11 Å². The number of carbonyl (C=O) groups is 1. The molecule has 0 bridgehead atoms. The number of carboxylic acids is 1. The van der Waals surface area contributed by atoms with Crippen molar-refractivity contribution >= 4 is 5.97 Å². The van der Waals surface area contributed by atoms with Crippen LogP contribution in [0.4, 0.5) is 0 Å². The Morgan fingerprint density at radius 1 is 0.943 bits per heavy atom. The van der Waals surface area contributed by atoms with E-state index in [2.05, 4.69) is 54.5 Å². The molecule has 0 aliphatic heterocycles. The molecular formula is C31H50O4. The summed E-state index contributed by atoms with van der Waals surface area (Å²) in [7, 11) is 1.66. The molecule has 2 N–H and O–H groups in total. The van der Waals surface area contributed by atoms with Crippen LogP contribution in [0.2, 0.25) is 0 Å². The molecule has 5 aliphatic carbocycles. The van der Waals surface area contributed by atoms with Crippen molar-refractivity contribution in [2.45, 2.75) is 112 Å². The van der Waals surface area contributed by atoms with Gasteiger partial charge in [-0.1, -0.05) is 60.1 Å². The molecule has 4 saturated carbocycles. The zero-order valence-corrected chi connectivity index (χ0v) is 23.5. The van der Waals surface area contributed by atoms with Crippen LogP contribution in [0.1, 0.15) is 106 Å². The average molecular weight is 487 g/mol. The summed E-state index contributed by atoms with van der Waals surface area (Å²) in [4.78, 5) is 12.8. The third-order valence-electron chi connectivity index (χ3n) is 13.9. The summed E-state index contributed by atoms with van der Waals surface area (Å²) in [6.07, 6.45) is 11.2. The maximum atomic E-state index is 12.8. The summed E-state index contributed by atoms with van der Waals surface area (Å²) < 4.78 is 5.76. The van der Waals surface area contributed by atoms with Gasteiger partial charge in [-0.15, -0.1) is 0 Å². The summed E-state index contributed by atoms with van der Waals surface area (Å²) in [6.45, 7) is 16.7. The van der Waals surface area contributed by atoms with E-state index >= 15 is 0 Å². The number of hydrogen-bond donors (Lipinski definition) is 2. The van der Waals surface area contributed by atoms with Crippen LogP contribution in [0.3, 0.4) is 0 Å². The van der Waals surface area contributed by atoms with Crippen LogP contribution in [0.5, 0.6) is 0 Å². The van der Waals surface area contributed by atoms with Crippen LogP contribution in [-0.4, -0.2) is 29.1 Å². The number of hydrogen-bond acceptors (Lipinski definition) is 3. The molecule has 0 aromatic rings. The van der Waals surface area contributed by atoms with Crippen LogP contribution < -0.4 is 0 Å². The molecule has 0 amide bonds. The Labute approximate surface area is 213 Å². The summed E-state index contributed by atoms with van der Waals surface area (Å²) in [5.74, 6) is 0.456. The van der Waals surface area contributed by atoms with Crippen molar-refractivity contribution in [2.75, 3.05) is 7.11 Å². The van der Waals surface area contributed by atoms with Crippen LogP contribution in [0, 0.1) is 56.7 Å². The van der Waals surface area contributed by atoms with E-state index in [4.69, 9.17) is 4.74 Å². The molecule has 0 aromatic carbocycles. The van der Waals surface area contributed by atoms with Gasteiger partial charge in [0, 0.05) is 18.9 Å². The predicted octanol–water partition coefficient (Wildman–Crippen LogP) is 7.06. The van der Waals surface area contributed by atoms with Crippen molar-refractivity contribution in [3.63, 3.8) is 0 Å². The number of ether oxygens (including phenoxy) is 1. The standard InChI is InChI=1S/C31H50O4/c1-19-11-14-30(25(32)33)17-16-28(6)21(24(30)20(19)2)9-10-23-27(5)15-18-31(34,35-8)26(3,4)22(27)12-13-29(23,28)7/h9,19-20,22-24,34H,10-18H2,1-8H3,(H,32,33)/t19-,20+,22?,23-,24+,27+,28-,29-,30+,31+/m1/s1. The first-order valence-corrected chi connectivity index (χ1v) is 14.4. The molecule has 35 heavy (non-hydrogen) atoms. The maximum Gasteiger partial charge on any atom is 0.310 e. The second-order valence-electron chi connectivity index (χ2n) is 14.8. The van der Waals surface area contributed by atoms with E-state index < -0.39 is 17.2 Å². The number of carboxylic acid groups (broad SMARTS) is 1. The molecule has 0 saturated heterocycles. The smallest absolute Gasteiger partial charge is 0.310 e. The van der Waals surface area contributed by atoms with E-state index in [-0.39, 0.29) is 27.6 Å². The third-order valence-corrected chi connectivity index (χ3v) is 13.9. The zero-order valence-electron chi connectivity index (χ0n) is 23.5. The van der Waals surface area contributed by atoms with E-state index in [1.807, 2.05) is 0 Å². The number of allylic oxidation sites excluding steroid dienone is 2. The number of methoxy groups -OCH3 is 1. The highest BCUT2D eigenvalue weighted by molar-refractivity contribution is 5.76. The van der Waals surface area contributed by atoms with Gasteiger partial charge in [0.15, 0.2) is 5.79 Å². The van der Waals surface area contributed by atoms with Gasteiger partial charge in [-0.3, -0.25) is 4.79 Å². The lowest BCUT2D eigenvalue weighted by Crippen LogP contribution is -2.67. The molecular weight excluding hydrogens is 436 g/mol. The van der Waals surface area contributed by atoms with Crippen LogP contribution in [0.15, 0.2) is 11.6 Å². The van der Waals surface area contributed by atoms with Gasteiger partial charge >= 0.3 is 5.97 Å². The Hall–Kier alpha value is -0.870. The van der Waals surface area contributed by atoms with E-state index in [1.165, 1.54) is 5.57 Å². The Morgan fingerprint density at radius 3 is 2.26 bits per heavy atom. The predicted molar refractivity (Wildman–Crippen MR) is 139 cm³/mol. The molecule has 0 radical (unpaired) electrons. The topological polar surface area (TPSA) is 66.8 Å². The maximum absolute atomic E-state index is 12.8. The molecule has 5 rings (SSSR count). The molecule has 1 unspecified atom stereocenters. The summed E-state index contributed by atoms with van der Waals surface area (Å²) in [5.41, 5.74) is 0.931. The van der Waals surface area contributed by atoms with Crippen molar-refractivity contribution in [3.05, 3.63) is 11.6 Å². The highest BCUT2D eigenvalue weighted by atomic mass is 16.6. The molecule has 4 fully saturated rings. The third kappa shape index (κ3) is 2.90. The van der Waals surface area contributed by atoms with Gasteiger partial charge < -0.3 is 14.9 Å². The normalized spacial score (nSPS) is 55.0. The Kier molecular flexibility index (Phi) is 5.59. The first-order valence-electron chi connectivity index (χ1n) is 14.4.